The van der Waals surface area contributed by atoms with E-state index in [1.165, 1.54) is 12.8 Å². The van der Waals surface area contributed by atoms with E-state index < -0.39 is 6.10 Å². The van der Waals surface area contributed by atoms with Crippen molar-refractivity contribution >= 4 is 0 Å². The molecule has 1 atom stereocenters. The van der Waals surface area contributed by atoms with E-state index in [9.17, 15) is 5.11 Å². The minimum absolute atomic E-state index is 0.448. The molecule has 1 aromatic rings. The zero-order valence-corrected chi connectivity index (χ0v) is 10.6. The zero-order chi connectivity index (χ0) is 12.3. The highest BCUT2D eigenvalue weighted by atomic mass is 16.5. The van der Waals surface area contributed by atoms with Crippen molar-refractivity contribution in [3.63, 3.8) is 0 Å². The quantitative estimate of drug-likeness (QED) is 0.794. The molecule has 2 rings (SSSR count). The van der Waals surface area contributed by atoms with Crippen molar-refractivity contribution in [2.45, 2.75) is 38.3 Å². The standard InChI is InChI=1S/C14H21NO2/c1-10-3-6-14(17-2)12(9-10)13(16)7-8-15-11-4-5-11/h3,6,9,11,13,15-16H,4-5,7-8H2,1-2H3. The monoisotopic (exact) mass is 235 g/mol. The van der Waals surface area contributed by atoms with E-state index in [1.807, 2.05) is 25.1 Å². The van der Waals surface area contributed by atoms with Crippen LogP contribution in [0.4, 0.5) is 0 Å². The van der Waals surface area contributed by atoms with Gasteiger partial charge >= 0.3 is 0 Å². The number of aryl methyl sites for hydroxylation is 1. The maximum absolute atomic E-state index is 10.2. The number of methoxy groups -OCH3 is 1. The van der Waals surface area contributed by atoms with Gasteiger partial charge in [0.25, 0.3) is 0 Å². The summed E-state index contributed by atoms with van der Waals surface area (Å²) in [6, 6.07) is 6.61. The average Bonchev–Trinajstić information content (AvgIpc) is 3.13. The predicted octanol–water partition coefficient (Wildman–Crippen LogP) is 2.18. The molecule has 1 aromatic carbocycles. The van der Waals surface area contributed by atoms with Gasteiger partial charge in [-0.25, -0.2) is 0 Å². The Morgan fingerprint density at radius 3 is 2.88 bits per heavy atom. The van der Waals surface area contributed by atoms with Crippen LogP contribution in [0.5, 0.6) is 5.75 Å². The van der Waals surface area contributed by atoms with E-state index >= 15 is 0 Å². The Labute approximate surface area is 103 Å². The van der Waals surface area contributed by atoms with E-state index in [2.05, 4.69) is 5.32 Å². The Morgan fingerprint density at radius 1 is 1.47 bits per heavy atom. The smallest absolute Gasteiger partial charge is 0.124 e. The van der Waals surface area contributed by atoms with Crippen molar-refractivity contribution < 1.29 is 9.84 Å². The summed E-state index contributed by atoms with van der Waals surface area (Å²) in [4.78, 5) is 0. The van der Waals surface area contributed by atoms with Crippen LogP contribution in [-0.2, 0) is 0 Å². The Hall–Kier alpha value is -1.06. The fraction of sp³-hybridized carbons (Fsp3) is 0.571. The molecular formula is C14H21NO2. The van der Waals surface area contributed by atoms with Crippen LogP contribution in [0.3, 0.4) is 0 Å². The lowest BCUT2D eigenvalue weighted by molar-refractivity contribution is 0.162. The van der Waals surface area contributed by atoms with Gasteiger partial charge in [0.2, 0.25) is 0 Å². The first-order valence-corrected chi connectivity index (χ1v) is 6.26. The normalized spacial score (nSPS) is 16.9. The molecule has 0 radical (unpaired) electrons. The summed E-state index contributed by atoms with van der Waals surface area (Å²) in [5.41, 5.74) is 2.04. The highest BCUT2D eigenvalue weighted by Crippen LogP contribution is 2.28. The molecule has 0 amide bonds. The van der Waals surface area contributed by atoms with Gasteiger partial charge in [-0.05, 0) is 44.9 Å². The third-order valence-electron chi connectivity index (χ3n) is 3.17. The largest absolute Gasteiger partial charge is 0.496 e. The van der Waals surface area contributed by atoms with Crippen LogP contribution in [0.2, 0.25) is 0 Å². The van der Waals surface area contributed by atoms with E-state index in [0.29, 0.717) is 6.04 Å². The molecule has 0 bridgehead atoms. The van der Waals surface area contributed by atoms with Crippen molar-refractivity contribution in [3.8, 4) is 5.75 Å². The second-order valence-corrected chi connectivity index (χ2v) is 4.78. The SMILES string of the molecule is COc1ccc(C)cc1C(O)CCNC1CC1. The van der Waals surface area contributed by atoms with E-state index in [1.54, 1.807) is 7.11 Å². The van der Waals surface area contributed by atoms with Crippen molar-refractivity contribution in [3.05, 3.63) is 29.3 Å². The molecule has 3 nitrogen and oxygen atoms in total. The van der Waals surface area contributed by atoms with Crippen LogP contribution >= 0.6 is 0 Å². The van der Waals surface area contributed by atoms with Gasteiger partial charge in [-0.15, -0.1) is 0 Å². The van der Waals surface area contributed by atoms with Crippen molar-refractivity contribution in [2.24, 2.45) is 0 Å². The highest BCUT2D eigenvalue weighted by molar-refractivity contribution is 5.38. The van der Waals surface area contributed by atoms with Gasteiger partial charge in [0.15, 0.2) is 0 Å². The maximum Gasteiger partial charge on any atom is 0.124 e. The van der Waals surface area contributed by atoms with Crippen LogP contribution in [0.25, 0.3) is 0 Å². The summed E-state index contributed by atoms with van der Waals surface area (Å²) in [6.45, 7) is 2.89. The minimum atomic E-state index is -0.448. The first kappa shape index (κ1) is 12.4. The molecule has 94 valence electrons. The molecule has 0 heterocycles. The molecule has 1 saturated carbocycles. The molecular weight excluding hydrogens is 214 g/mol. The Morgan fingerprint density at radius 2 is 2.24 bits per heavy atom. The average molecular weight is 235 g/mol. The third-order valence-corrected chi connectivity index (χ3v) is 3.17. The Kier molecular flexibility index (Phi) is 4.02. The van der Waals surface area contributed by atoms with Gasteiger partial charge in [-0.3, -0.25) is 0 Å². The minimum Gasteiger partial charge on any atom is -0.496 e. The van der Waals surface area contributed by atoms with Gasteiger partial charge in [0, 0.05) is 11.6 Å². The van der Waals surface area contributed by atoms with Crippen LogP contribution in [0.1, 0.15) is 36.5 Å². The summed E-state index contributed by atoms with van der Waals surface area (Å²) >= 11 is 0. The van der Waals surface area contributed by atoms with Gasteiger partial charge in [-0.1, -0.05) is 11.6 Å². The summed E-state index contributed by atoms with van der Waals surface area (Å²) in [7, 11) is 1.64. The lowest BCUT2D eigenvalue weighted by atomic mass is 10.0. The summed E-state index contributed by atoms with van der Waals surface area (Å²) in [5.74, 6) is 0.773. The Bertz CT molecular complexity index is 374. The number of rotatable bonds is 6. The lowest BCUT2D eigenvalue weighted by Crippen LogP contribution is -2.19. The molecule has 3 heteroatoms. The predicted molar refractivity (Wildman–Crippen MR) is 68.3 cm³/mol. The number of hydrogen-bond acceptors (Lipinski definition) is 3. The Balaban J connectivity index is 1.95. The second kappa shape index (κ2) is 5.52. The number of hydrogen-bond donors (Lipinski definition) is 2. The lowest BCUT2D eigenvalue weighted by Gasteiger charge is -2.15. The van der Waals surface area contributed by atoms with E-state index in [-0.39, 0.29) is 0 Å². The number of aliphatic hydroxyl groups excluding tert-OH is 1. The third kappa shape index (κ3) is 3.45. The van der Waals surface area contributed by atoms with Crippen LogP contribution in [-0.4, -0.2) is 24.8 Å². The van der Waals surface area contributed by atoms with Crippen molar-refractivity contribution in [1.82, 2.24) is 5.32 Å². The van der Waals surface area contributed by atoms with Crippen LogP contribution in [0.15, 0.2) is 18.2 Å². The molecule has 0 spiro atoms. The molecule has 0 saturated heterocycles. The maximum atomic E-state index is 10.2. The first-order valence-electron chi connectivity index (χ1n) is 6.26. The zero-order valence-electron chi connectivity index (χ0n) is 10.6. The first-order chi connectivity index (χ1) is 8.20. The van der Waals surface area contributed by atoms with Crippen LogP contribution in [0, 0.1) is 6.92 Å². The van der Waals surface area contributed by atoms with E-state index in [4.69, 9.17) is 4.74 Å². The number of nitrogens with one attached hydrogen (secondary N) is 1. The molecule has 1 fully saturated rings. The summed E-state index contributed by atoms with van der Waals surface area (Å²) < 4.78 is 5.28. The molecule has 2 N–H and O–H groups in total. The van der Waals surface area contributed by atoms with Gasteiger partial charge in [-0.2, -0.15) is 0 Å². The number of aliphatic hydroxyl groups is 1. The number of benzene rings is 1. The fourth-order valence-electron chi connectivity index (χ4n) is 1.98. The molecule has 0 aliphatic heterocycles. The molecule has 1 aliphatic rings. The van der Waals surface area contributed by atoms with Crippen molar-refractivity contribution in [2.75, 3.05) is 13.7 Å². The van der Waals surface area contributed by atoms with Crippen LogP contribution < -0.4 is 10.1 Å². The second-order valence-electron chi connectivity index (χ2n) is 4.78. The highest BCUT2D eigenvalue weighted by Gasteiger charge is 2.21. The topological polar surface area (TPSA) is 41.5 Å². The molecule has 1 unspecified atom stereocenters. The fourth-order valence-corrected chi connectivity index (χ4v) is 1.98. The van der Waals surface area contributed by atoms with Gasteiger partial charge in [0.05, 0.1) is 13.2 Å². The molecule has 0 aromatic heterocycles. The summed E-state index contributed by atoms with van der Waals surface area (Å²) in [6.07, 6.45) is 2.85. The van der Waals surface area contributed by atoms with Gasteiger partial charge < -0.3 is 15.2 Å². The molecule has 17 heavy (non-hydrogen) atoms. The number of ether oxygens (including phenoxy) is 1. The van der Waals surface area contributed by atoms with Crippen molar-refractivity contribution in [1.29, 1.82) is 0 Å². The molecule has 1 aliphatic carbocycles. The summed E-state index contributed by atoms with van der Waals surface area (Å²) in [5, 5.41) is 13.6. The van der Waals surface area contributed by atoms with Gasteiger partial charge in [0.1, 0.15) is 5.75 Å². The van der Waals surface area contributed by atoms with E-state index in [0.717, 1.165) is 29.8 Å².